The molecule has 0 unspecified atom stereocenters. The van der Waals surface area contributed by atoms with Gasteiger partial charge in [-0.2, -0.15) is 0 Å². The quantitative estimate of drug-likeness (QED) is 0.717. The summed E-state index contributed by atoms with van der Waals surface area (Å²) in [5.74, 6) is 0.829. The normalized spacial score (nSPS) is 17.2. The maximum Gasteiger partial charge on any atom is 0.254 e. The van der Waals surface area contributed by atoms with Crippen LogP contribution >= 0.6 is 31.9 Å². The highest BCUT2D eigenvalue weighted by Crippen LogP contribution is 2.21. The van der Waals surface area contributed by atoms with Crippen LogP contribution in [0.3, 0.4) is 0 Å². The Hall–Kier alpha value is -0.420. The smallest absolute Gasteiger partial charge is 0.254 e. The fraction of sp³-hybridized carbons (Fsp3) is 0.500. The number of hydrogen-bond acceptors (Lipinski definition) is 2. The van der Waals surface area contributed by atoms with Crippen molar-refractivity contribution in [3.63, 3.8) is 0 Å². The van der Waals surface area contributed by atoms with Crippen LogP contribution in [0.1, 0.15) is 30.1 Å². The van der Waals surface area contributed by atoms with Crippen molar-refractivity contribution in [2.75, 3.05) is 13.1 Å². The van der Waals surface area contributed by atoms with Gasteiger partial charge in [0.25, 0.3) is 5.91 Å². The van der Waals surface area contributed by atoms with Gasteiger partial charge in [0.15, 0.2) is 0 Å². The lowest BCUT2D eigenvalue weighted by atomic mass is 9.99. The molecule has 1 aliphatic rings. The van der Waals surface area contributed by atoms with E-state index in [1.54, 1.807) is 12.1 Å². The van der Waals surface area contributed by atoms with Crippen molar-refractivity contribution in [2.24, 2.45) is 5.92 Å². The Balaban J connectivity index is 2.14. The first-order valence-corrected chi connectivity index (χ1v) is 7.27. The fourth-order valence-electron chi connectivity index (χ4n) is 1.98. The van der Waals surface area contributed by atoms with E-state index >= 15 is 0 Å². The zero-order chi connectivity index (χ0) is 12.4. The lowest BCUT2D eigenvalue weighted by Gasteiger charge is -2.30. The van der Waals surface area contributed by atoms with Gasteiger partial charge < -0.3 is 4.90 Å². The third-order valence-corrected chi connectivity index (χ3v) is 3.89. The number of carbonyl (C=O) groups is 1. The van der Waals surface area contributed by atoms with E-state index in [1.807, 2.05) is 4.90 Å². The van der Waals surface area contributed by atoms with Gasteiger partial charge in [0.05, 0.1) is 0 Å². The predicted molar refractivity (Wildman–Crippen MR) is 73.9 cm³/mol. The van der Waals surface area contributed by atoms with Gasteiger partial charge in [0, 0.05) is 18.7 Å². The number of piperidine rings is 1. The van der Waals surface area contributed by atoms with Gasteiger partial charge in [-0.05, 0) is 62.8 Å². The molecule has 1 saturated heterocycles. The molecule has 0 atom stereocenters. The predicted octanol–water partition coefficient (Wildman–Crippen LogP) is 3.48. The Kier molecular flexibility index (Phi) is 4.20. The molecule has 1 aromatic rings. The molecule has 0 N–H and O–H groups in total. The number of amides is 1. The molecule has 0 saturated carbocycles. The van der Waals surface area contributed by atoms with Crippen molar-refractivity contribution in [3.8, 4) is 0 Å². The van der Waals surface area contributed by atoms with Crippen LogP contribution in [0.2, 0.25) is 0 Å². The molecule has 1 fully saturated rings. The molecule has 5 heteroatoms. The maximum absolute atomic E-state index is 12.3. The molecule has 0 aliphatic carbocycles. The van der Waals surface area contributed by atoms with Crippen LogP contribution in [0.25, 0.3) is 0 Å². The summed E-state index contributed by atoms with van der Waals surface area (Å²) in [6, 6.07) is 3.54. The van der Waals surface area contributed by atoms with E-state index in [2.05, 4.69) is 43.8 Å². The van der Waals surface area contributed by atoms with Crippen molar-refractivity contribution >= 4 is 37.8 Å². The van der Waals surface area contributed by atoms with E-state index in [1.165, 1.54) is 0 Å². The number of aromatic nitrogens is 1. The first-order chi connectivity index (χ1) is 8.06. The maximum atomic E-state index is 12.3. The number of nitrogens with zero attached hydrogens (tertiary/aromatic N) is 2. The molecule has 2 heterocycles. The molecule has 1 aliphatic heterocycles. The Morgan fingerprint density at radius 2 is 1.82 bits per heavy atom. The van der Waals surface area contributed by atoms with Crippen LogP contribution in [0.4, 0.5) is 0 Å². The number of rotatable bonds is 1. The standard InChI is InChI=1S/C12H14Br2N2O/c1-8-2-4-16(5-3-8)12(17)9-6-10(13)15-11(14)7-9/h6-8H,2-5H2,1H3. The minimum absolute atomic E-state index is 0.0979. The number of halogens is 2. The second kappa shape index (κ2) is 5.48. The molecule has 2 rings (SSSR count). The van der Waals surface area contributed by atoms with Gasteiger partial charge in [0.2, 0.25) is 0 Å². The number of hydrogen-bond donors (Lipinski definition) is 0. The molecule has 92 valence electrons. The summed E-state index contributed by atoms with van der Waals surface area (Å²) >= 11 is 6.61. The summed E-state index contributed by atoms with van der Waals surface area (Å²) in [5, 5.41) is 0. The van der Waals surface area contributed by atoms with E-state index in [9.17, 15) is 4.79 Å². The average molecular weight is 362 g/mol. The van der Waals surface area contributed by atoms with Gasteiger partial charge in [-0.25, -0.2) is 4.98 Å². The SMILES string of the molecule is CC1CCN(C(=O)c2cc(Br)nc(Br)c2)CC1. The van der Waals surface area contributed by atoms with Crippen molar-refractivity contribution < 1.29 is 4.79 Å². The largest absolute Gasteiger partial charge is 0.339 e. The van der Waals surface area contributed by atoms with E-state index in [-0.39, 0.29) is 5.91 Å². The van der Waals surface area contributed by atoms with Crippen molar-refractivity contribution in [2.45, 2.75) is 19.8 Å². The summed E-state index contributed by atoms with van der Waals surface area (Å²) < 4.78 is 1.36. The minimum atomic E-state index is 0.0979. The molecule has 0 aromatic carbocycles. The van der Waals surface area contributed by atoms with E-state index in [4.69, 9.17) is 0 Å². The minimum Gasteiger partial charge on any atom is -0.339 e. The van der Waals surface area contributed by atoms with Gasteiger partial charge in [-0.1, -0.05) is 6.92 Å². The zero-order valence-electron chi connectivity index (χ0n) is 9.62. The fourth-order valence-corrected chi connectivity index (χ4v) is 3.10. The van der Waals surface area contributed by atoms with Crippen LogP contribution in [0.5, 0.6) is 0 Å². The lowest BCUT2D eigenvalue weighted by Crippen LogP contribution is -2.37. The van der Waals surface area contributed by atoms with E-state index in [0.29, 0.717) is 14.8 Å². The first-order valence-electron chi connectivity index (χ1n) is 5.68. The average Bonchev–Trinajstić information content (AvgIpc) is 2.28. The van der Waals surface area contributed by atoms with Crippen molar-refractivity contribution in [3.05, 3.63) is 26.9 Å². The summed E-state index contributed by atoms with van der Waals surface area (Å²) in [6.45, 7) is 3.95. The molecular formula is C12H14Br2N2O. The molecule has 3 nitrogen and oxygen atoms in total. The third kappa shape index (κ3) is 3.28. The number of pyridine rings is 1. The van der Waals surface area contributed by atoms with Crippen LogP contribution in [0, 0.1) is 5.92 Å². The first kappa shape index (κ1) is 13.0. The molecule has 0 bridgehead atoms. The van der Waals surface area contributed by atoms with Crippen LogP contribution < -0.4 is 0 Å². The number of likely N-dealkylation sites (tertiary alicyclic amines) is 1. The molecule has 1 amide bonds. The molecule has 17 heavy (non-hydrogen) atoms. The van der Waals surface area contributed by atoms with Gasteiger partial charge in [-0.3, -0.25) is 4.79 Å². The summed E-state index contributed by atoms with van der Waals surface area (Å²) in [5.41, 5.74) is 0.688. The topological polar surface area (TPSA) is 33.2 Å². The molecule has 0 radical (unpaired) electrons. The van der Waals surface area contributed by atoms with E-state index < -0.39 is 0 Å². The Morgan fingerprint density at radius 3 is 2.35 bits per heavy atom. The summed E-state index contributed by atoms with van der Waals surface area (Å²) in [7, 11) is 0. The van der Waals surface area contributed by atoms with E-state index in [0.717, 1.165) is 31.8 Å². The Morgan fingerprint density at radius 1 is 1.29 bits per heavy atom. The second-order valence-electron chi connectivity index (χ2n) is 4.48. The van der Waals surface area contributed by atoms with Crippen LogP contribution in [-0.2, 0) is 0 Å². The molecular weight excluding hydrogens is 348 g/mol. The highest BCUT2D eigenvalue weighted by molar-refractivity contribution is 9.11. The third-order valence-electron chi connectivity index (χ3n) is 3.08. The van der Waals surface area contributed by atoms with Crippen LogP contribution in [0.15, 0.2) is 21.3 Å². The highest BCUT2D eigenvalue weighted by Gasteiger charge is 2.21. The summed E-state index contributed by atoms with van der Waals surface area (Å²) in [4.78, 5) is 18.3. The van der Waals surface area contributed by atoms with Crippen LogP contribution in [-0.4, -0.2) is 28.9 Å². The monoisotopic (exact) mass is 360 g/mol. The Bertz CT molecular complexity index is 408. The van der Waals surface area contributed by atoms with Gasteiger partial charge >= 0.3 is 0 Å². The second-order valence-corrected chi connectivity index (χ2v) is 6.10. The summed E-state index contributed by atoms with van der Waals surface area (Å²) in [6.07, 6.45) is 2.19. The highest BCUT2D eigenvalue weighted by atomic mass is 79.9. The molecule has 1 aromatic heterocycles. The molecule has 0 spiro atoms. The Labute approximate surface area is 118 Å². The zero-order valence-corrected chi connectivity index (χ0v) is 12.8. The van der Waals surface area contributed by atoms with Gasteiger partial charge in [-0.15, -0.1) is 0 Å². The lowest BCUT2D eigenvalue weighted by molar-refractivity contribution is 0.0697. The van der Waals surface area contributed by atoms with Crippen molar-refractivity contribution in [1.82, 2.24) is 9.88 Å². The van der Waals surface area contributed by atoms with Gasteiger partial charge in [0.1, 0.15) is 9.21 Å². The van der Waals surface area contributed by atoms with Crippen molar-refractivity contribution in [1.29, 1.82) is 0 Å². The number of carbonyl (C=O) groups excluding carboxylic acids is 1.